The molecule has 0 unspecified atom stereocenters. The van der Waals surface area contributed by atoms with Crippen LogP contribution in [0.4, 0.5) is 0 Å². The SMILES string of the molecule is C=Cc1ccc(/C=C/c2c(C)c3cc4cc(C)c(cc5nc(cc6nc(cc2[nH]3)C(C)=C6CCC(=O)OC)C(CCC(=O)OC)=C5C)[nH]4)cc1. The molecule has 2 aliphatic rings. The molecule has 0 fully saturated rings. The fourth-order valence-electron chi connectivity index (χ4n) is 6.50. The molecule has 254 valence electrons. The van der Waals surface area contributed by atoms with Crippen LogP contribution in [-0.2, 0) is 19.1 Å². The number of allylic oxidation sites excluding steroid dienone is 4. The molecule has 0 aliphatic carbocycles. The molecule has 8 heteroatoms. The molecule has 50 heavy (non-hydrogen) atoms. The van der Waals surface area contributed by atoms with Gasteiger partial charge in [-0.1, -0.05) is 49.1 Å². The highest BCUT2D eigenvalue weighted by Gasteiger charge is 2.23. The van der Waals surface area contributed by atoms with Gasteiger partial charge in [0.25, 0.3) is 0 Å². The van der Waals surface area contributed by atoms with Crippen LogP contribution in [0.15, 0.2) is 61.2 Å². The van der Waals surface area contributed by atoms with Gasteiger partial charge < -0.3 is 19.4 Å². The summed E-state index contributed by atoms with van der Waals surface area (Å²) >= 11 is 0. The first-order chi connectivity index (χ1) is 24.1. The van der Waals surface area contributed by atoms with E-state index in [4.69, 9.17) is 19.4 Å². The van der Waals surface area contributed by atoms with Crippen LogP contribution in [0, 0.1) is 13.8 Å². The molecule has 4 aromatic rings. The third-order valence-electron chi connectivity index (χ3n) is 9.58. The molecule has 8 nitrogen and oxygen atoms in total. The summed E-state index contributed by atoms with van der Waals surface area (Å²) in [5.74, 6) is -0.564. The van der Waals surface area contributed by atoms with Crippen LogP contribution < -0.4 is 0 Å². The molecule has 0 saturated heterocycles. The lowest BCUT2D eigenvalue weighted by molar-refractivity contribution is -0.141. The standard InChI is InChI=1S/C42H42N4O4/c1-8-28-9-11-29(12-10-28)13-14-31-25(3)35-20-30-19-24(2)34(43-30)21-36-26(4)32(15-17-41(47)49-6)39(45-36)23-40-33(16-18-42(48)50-7)27(5)37(46-40)22-38(31)44-35/h8-14,19-23,43-44H,1,15-18H2,2-7H3/b14-13+,30-20?,34-21?,35-20?,36-21?,37-22?,38-22?,39-23?,40-23?. The molecular formula is C42H42N4O4. The van der Waals surface area contributed by atoms with Crippen LogP contribution in [-0.4, -0.2) is 46.1 Å². The number of fused-ring (bicyclic) bond motifs is 8. The van der Waals surface area contributed by atoms with Crippen molar-refractivity contribution in [3.8, 4) is 0 Å². The minimum atomic E-state index is -0.285. The van der Waals surface area contributed by atoms with Crippen LogP contribution in [0.5, 0.6) is 0 Å². The summed E-state index contributed by atoms with van der Waals surface area (Å²) in [7, 11) is 2.80. The number of ether oxygens (including phenoxy) is 2. The summed E-state index contributed by atoms with van der Waals surface area (Å²) in [4.78, 5) is 42.0. The van der Waals surface area contributed by atoms with Gasteiger partial charge in [0, 0.05) is 40.5 Å². The van der Waals surface area contributed by atoms with Crippen molar-refractivity contribution < 1.29 is 19.1 Å². The van der Waals surface area contributed by atoms with Gasteiger partial charge in [-0.2, -0.15) is 0 Å². The number of benzene rings is 1. The number of hydrogen-bond donors (Lipinski definition) is 2. The Morgan fingerprint density at radius 1 is 0.680 bits per heavy atom. The minimum absolute atomic E-state index is 0.221. The highest BCUT2D eigenvalue weighted by molar-refractivity contribution is 5.97. The van der Waals surface area contributed by atoms with Gasteiger partial charge in [-0.05, 0) is 115 Å². The van der Waals surface area contributed by atoms with Crippen molar-refractivity contribution >= 4 is 74.5 Å². The van der Waals surface area contributed by atoms with E-state index >= 15 is 0 Å². The summed E-state index contributed by atoms with van der Waals surface area (Å²) in [5.41, 5.74) is 16.2. The Morgan fingerprint density at radius 2 is 1.24 bits per heavy atom. The van der Waals surface area contributed by atoms with Crippen LogP contribution in [0.1, 0.15) is 90.1 Å². The summed E-state index contributed by atoms with van der Waals surface area (Å²) in [6.45, 7) is 12.1. The van der Waals surface area contributed by atoms with Crippen molar-refractivity contribution in [2.24, 2.45) is 0 Å². The van der Waals surface area contributed by atoms with Crippen molar-refractivity contribution in [3.05, 3.63) is 112 Å². The van der Waals surface area contributed by atoms with Gasteiger partial charge in [0.05, 0.1) is 37.0 Å². The normalized spacial score (nSPS) is 12.9. The van der Waals surface area contributed by atoms with Crippen LogP contribution in [0.2, 0.25) is 0 Å². The molecule has 0 amide bonds. The Balaban J connectivity index is 1.63. The van der Waals surface area contributed by atoms with Crippen molar-refractivity contribution in [1.29, 1.82) is 0 Å². The van der Waals surface area contributed by atoms with E-state index in [9.17, 15) is 9.59 Å². The Morgan fingerprint density at radius 3 is 1.80 bits per heavy atom. The Bertz CT molecular complexity index is 2280. The first-order valence-electron chi connectivity index (χ1n) is 16.8. The maximum absolute atomic E-state index is 12.3. The zero-order valence-electron chi connectivity index (χ0n) is 29.5. The number of methoxy groups -OCH3 is 2. The highest BCUT2D eigenvalue weighted by Crippen LogP contribution is 2.38. The zero-order valence-corrected chi connectivity index (χ0v) is 29.5. The summed E-state index contributed by atoms with van der Waals surface area (Å²) < 4.78 is 9.95. The van der Waals surface area contributed by atoms with Crippen molar-refractivity contribution in [1.82, 2.24) is 19.9 Å². The van der Waals surface area contributed by atoms with Crippen molar-refractivity contribution in [2.45, 2.75) is 53.4 Å². The fraction of sp³-hybridized carbons (Fsp3) is 0.238. The number of nitrogens with zero attached hydrogens (tertiary/aromatic N) is 2. The first kappa shape index (κ1) is 34.1. The third kappa shape index (κ3) is 7.01. The van der Waals surface area contributed by atoms with Gasteiger partial charge in [-0.15, -0.1) is 0 Å². The Kier molecular flexibility index (Phi) is 9.81. The summed E-state index contributed by atoms with van der Waals surface area (Å²) in [6.07, 6.45) is 7.47. The molecule has 8 bridgehead atoms. The van der Waals surface area contributed by atoms with Crippen LogP contribution in [0.3, 0.4) is 0 Å². The first-order valence-corrected chi connectivity index (χ1v) is 16.8. The topological polar surface area (TPSA) is 110 Å². The summed E-state index contributed by atoms with van der Waals surface area (Å²) in [6, 6.07) is 18.7. The molecule has 5 heterocycles. The van der Waals surface area contributed by atoms with E-state index in [1.165, 1.54) is 14.2 Å². The number of carbonyl (C=O) groups excluding carboxylic acids is 2. The number of H-pyrrole nitrogens is 2. The molecule has 0 radical (unpaired) electrons. The number of carbonyl (C=O) groups is 2. The molecule has 3 aromatic heterocycles. The van der Waals surface area contributed by atoms with Gasteiger partial charge in [0.15, 0.2) is 0 Å². The smallest absolute Gasteiger partial charge is 0.305 e. The number of aromatic amines is 2. The predicted octanol–water partition coefficient (Wildman–Crippen LogP) is 9.51. The molecule has 1 aromatic carbocycles. The van der Waals surface area contributed by atoms with E-state index in [-0.39, 0.29) is 24.8 Å². The van der Waals surface area contributed by atoms with Gasteiger partial charge in [-0.25, -0.2) is 9.97 Å². The maximum Gasteiger partial charge on any atom is 0.305 e. The van der Waals surface area contributed by atoms with Crippen molar-refractivity contribution in [2.75, 3.05) is 14.2 Å². The molecule has 0 atom stereocenters. The quantitative estimate of drug-likeness (QED) is 0.172. The van der Waals surface area contributed by atoms with E-state index in [0.29, 0.717) is 12.8 Å². The summed E-state index contributed by atoms with van der Waals surface area (Å²) in [5, 5.41) is 0. The van der Waals surface area contributed by atoms with E-state index in [0.717, 1.165) is 95.0 Å². The van der Waals surface area contributed by atoms with Crippen LogP contribution in [0.25, 0.3) is 62.6 Å². The predicted molar refractivity (Wildman–Crippen MR) is 203 cm³/mol. The van der Waals surface area contributed by atoms with Crippen LogP contribution >= 0.6 is 0 Å². The highest BCUT2D eigenvalue weighted by atomic mass is 16.5. The molecule has 2 aliphatic heterocycles. The van der Waals surface area contributed by atoms with Crippen molar-refractivity contribution in [3.63, 3.8) is 0 Å². The van der Waals surface area contributed by atoms with E-state index in [1.807, 2.05) is 26.0 Å². The molecule has 0 saturated carbocycles. The van der Waals surface area contributed by atoms with E-state index in [2.05, 4.69) is 91.1 Å². The monoisotopic (exact) mass is 666 g/mol. The van der Waals surface area contributed by atoms with Gasteiger partial charge in [0.2, 0.25) is 0 Å². The lowest BCUT2D eigenvalue weighted by Gasteiger charge is -2.06. The minimum Gasteiger partial charge on any atom is -0.469 e. The third-order valence-corrected chi connectivity index (χ3v) is 9.58. The number of aryl methyl sites for hydroxylation is 2. The maximum atomic E-state index is 12.3. The van der Waals surface area contributed by atoms with Gasteiger partial charge in [-0.3, -0.25) is 9.59 Å². The molecule has 2 N–H and O–H groups in total. The molecule has 0 spiro atoms. The zero-order chi connectivity index (χ0) is 35.5. The lowest BCUT2D eigenvalue weighted by atomic mass is 9.98. The fourth-order valence-corrected chi connectivity index (χ4v) is 6.50. The number of rotatable bonds is 9. The average molecular weight is 667 g/mol. The van der Waals surface area contributed by atoms with E-state index in [1.54, 1.807) is 0 Å². The molecular weight excluding hydrogens is 624 g/mol. The number of esters is 2. The largest absolute Gasteiger partial charge is 0.469 e. The number of aromatic nitrogens is 4. The van der Waals surface area contributed by atoms with E-state index < -0.39 is 0 Å². The second-order valence-corrected chi connectivity index (χ2v) is 12.7. The lowest BCUT2D eigenvalue weighted by Crippen LogP contribution is -2.01. The number of hydrogen-bond acceptors (Lipinski definition) is 6. The second kappa shape index (κ2) is 14.4. The number of nitrogens with one attached hydrogen (secondary N) is 2. The second-order valence-electron chi connectivity index (χ2n) is 12.7. The Labute approximate surface area is 292 Å². The Hall–Kier alpha value is -5.76. The average Bonchev–Trinajstić information content (AvgIpc) is 3.80. The van der Waals surface area contributed by atoms with Gasteiger partial charge in [0.1, 0.15) is 0 Å². The van der Waals surface area contributed by atoms with Gasteiger partial charge >= 0.3 is 11.9 Å². The molecule has 6 rings (SSSR count).